The third-order valence-corrected chi connectivity index (χ3v) is 6.00. The number of thioether (sulfide) groups is 1. The van der Waals surface area contributed by atoms with E-state index in [0.717, 1.165) is 0 Å². The maximum absolute atomic E-state index is 13.0. The first-order valence-corrected chi connectivity index (χ1v) is 10.7. The molecule has 0 fully saturated rings. The number of halogens is 1. The molecule has 0 N–H and O–H groups in total. The standard InChI is InChI=1S/C21H21BrN2O4S/c1-13(11-27-2)24-20(26)15-6-4-5-7-17(15)23-21(24)29-12-18(25)14-8-9-19(28-3)16(22)10-14/h4-10,13H,11-12H2,1-3H3. The van der Waals surface area contributed by atoms with E-state index in [1.165, 1.54) is 11.8 Å². The monoisotopic (exact) mass is 476 g/mol. The minimum atomic E-state index is -0.211. The number of ether oxygens (including phenoxy) is 2. The van der Waals surface area contributed by atoms with Gasteiger partial charge in [0, 0.05) is 12.7 Å². The van der Waals surface area contributed by atoms with Gasteiger partial charge in [-0.1, -0.05) is 23.9 Å². The van der Waals surface area contributed by atoms with E-state index in [-0.39, 0.29) is 23.1 Å². The molecule has 0 aliphatic rings. The lowest BCUT2D eigenvalue weighted by Crippen LogP contribution is -2.28. The van der Waals surface area contributed by atoms with Gasteiger partial charge in [0.15, 0.2) is 10.9 Å². The number of fused-ring (bicyclic) bond motifs is 1. The first kappa shape index (κ1) is 21.5. The molecule has 1 heterocycles. The molecule has 1 unspecified atom stereocenters. The Hall–Kier alpha value is -2.16. The summed E-state index contributed by atoms with van der Waals surface area (Å²) in [7, 11) is 3.16. The number of hydrogen-bond donors (Lipinski definition) is 0. The second-order valence-electron chi connectivity index (χ2n) is 6.45. The predicted octanol–water partition coefficient (Wildman–Crippen LogP) is 4.35. The molecule has 0 spiro atoms. The zero-order valence-electron chi connectivity index (χ0n) is 16.3. The van der Waals surface area contributed by atoms with Gasteiger partial charge in [-0.25, -0.2) is 4.98 Å². The third-order valence-electron chi connectivity index (χ3n) is 4.43. The Morgan fingerprint density at radius 1 is 1.24 bits per heavy atom. The van der Waals surface area contributed by atoms with Crippen molar-refractivity contribution in [2.24, 2.45) is 0 Å². The van der Waals surface area contributed by atoms with Crippen LogP contribution in [0.5, 0.6) is 5.75 Å². The number of para-hydroxylation sites is 1. The van der Waals surface area contributed by atoms with Crippen molar-refractivity contribution in [3.63, 3.8) is 0 Å². The summed E-state index contributed by atoms with van der Waals surface area (Å²) in [6.45, 7) is 2.26. The van der Waals surface area contributed by atoms with Crippen LogP contribution in [0.2, 0.25) is 0 Å². The molecule has 0 saturated heterocycles. The molecule has 0 amide bonds. The zero-order valence-corrected chi connectivity index (χ0v) is 18.7. The quantitative estimate of drug-likeness (QED) is 0.273. The van der Waals surface area contributed by atoms with E-state index in [2.05, 4.69) is 20.9 Å². The fourth-order valence-corrected chi connectivity index (χ4v) is 4.52. The smallest absolute Gasteiger partial charge is 0.262 e. The molecule has 3 rings (SSSR count). The topological polar surface area (TPSA) is 70.4 Å². The molecule has 1 aromatic heterocycles. The molecule has 0 aliphatic heterocycles. The summed E-state index contributed by atoms with van der Waals surface area (Å²) >= 11 is 4.65. The number of benzene rings is 2. The summed E-state index contributed by atoms with van der Waals surface area (Å²) in [6, 6.07) is 12.2. The maximum Gasteiger partial charge on any atom is 0.262 e. The molecule has 0 radical (unpaired) electrons. The van der Waals surface area contributed by atoms with Gasteiger partial charge in [-0.3, -0.25) is 14.2 Å². The van der Waals surface area contributed by atoms with E-state index in [1.807, 2.05) is 19.1 Å². The zero-order chi connectivity index (χ0) is 21.0. The number of ketones is 1. The Labute approximate surface area is 181 Å². The molecule has 0 bridgehead atoms. The molecule has 29 heavy (non-hydrogen) atoms. The fourth-order valence-electron chi connectivity index (χ4n) is 2.99. The fraction of sp³-hybridized carbons (Fsp3) is 0.286. The largest absolute Gasteiger partial charge is 0.496 e. The third kappa shape index (κ3) is 4.71. The first-order valence-electron chi connectivity index (χ1n) is 8.96. The van der Waals surface area contributed by atoms with Crippen LogP contribution in [0.4, 0.5) is 0 Å². The highest BCUT2D eigenvalue weighted by Crippen LogP contribution is 2.27. The minimum Gasteiger partial charge on any atom is -0.496 e. The van der Waals surface area contributed by atoms with Crippen LogP contribution in [0.15, 0.2) is 56.9 Å². The van der Waals surface area contributed by atoms with Crippen molar-refractivity contribution in [1.29, 1.82) is 0 Å². The summed E-state index contributed by atoms with van der Waals surface area (Å²) in [5.41, 5.74) is 1.03. The molecule has 0 saturated carbocycles. The first-order chi connectivity index (χ1) is 14.0. The van der Waals surface area contributed by atoms with E-state index < -0.39 is 0 Å². The van der Waals surface area contributed by atoms with E-state index in [9.17, 15) is 9.59 Å². The molecule has 6 nitrogen and oxygen atoms in total. The molecule has 1 atom stereocenters. The molecule has 152 valence electrons. The van der Waals surface area contributed by atoms with E-state index in [0.29, 0.717) is 38.5 Å². The summed E-state index contributed by atoms with van der Waals surface area (Å²) in [5.74, 6) is 0.753. The predicted molar refractivity (Wildman–Crippen MR) is 118 cm³/mol. The summed E-state index contributed by atoms with van der Waals surface area (Å²) in [4.78, 5) is 30.4. The number of hydrogen-bond acceptors (Lipinski definition) is 6. The van der Waals surface area contributed by atoms with Crippen LogP contribution in [0.3, 0.4) is 0 Å². The molecule has 0 aliphatic carbocycles. The second kappa shape index (κ2) is 9.56. The molecule has 2 aromatic carbocycles. The van der Waals surface area contributed by atoms with Crippen molar-refractivity contribution in [1.82, 2.24) is 9.55 Å². The summed E-state index contributed by atoms with van der Waals surface area (Å²) in [5, 5.41) is 1.05. The van der Waals surface area contributed by atoms with Crippen molar-refractivity contribution in [2.45, 2.75) is 18.1 Å². The average Bonchev–Trinajstić information content (AvgIpc) is 2.72. The van der Waals surface area contributed by atoms with Crippen LogP contribution in [-0.2, 0) is 4.74 Å². The van der Waals surface area contributed by atoms with Gasteiger partial charge in [-0.05, 0) is 53.2 Å². The molecular weight excluding hydrogens is 456 g/mol. The van der Waals surface area contributed by atoms with Gasteiger partial charge >= 0.3 is 0 Å². The van der Waals surface area contributed by atoms with E-state index in [4.69, 9.17) is 9.47 Å². The minimum absolute atomic E-state index is 0.0632. The van der Waals surface area contributed by atoms with Crippen LogP contribution in [-0.4, -0.2) is 41.9 Å². The molecular formula is C21H21BrN2O4S. The van der Waals surface area contributed by atoms with Crippen molar-refractivity contribution >= 4 is 44.4 Å². The van der Waals surface area contributed by atoms with Gasteiger partial charge < -0.3 is 9.47 Å². The molecule has 8 heteroatoms. The Kier molecular flexibility index (Phi) is 7.10. The van der Waals surface area contributed by atoms with Crippen molar-refractivity contribution in [2.75, 3.05) is 26.6 Å². The SMILES string of the molecule is COCC(C)n1c(SCC(=O)c2ccc(OC)c(Br)c2)nc2ccccc2c1=O. The van der Waals surface area contributed by atoms with E-state index >= 15 is 0 Å². The Morgan fingerprint density at radius 3 is 2.69 bits per heavy atom. The lowest BCUT2D eigenvalue weighted by atomic mass is 10.1. The Balaban J connectivity index is 1.92. The average molecular weight is 477 g/mol. The van der Waals surface area contributed by atoms with Crippen molar-refractivity contribution in [3.05, 3.63) is 62.9 Å². The Morgan fingerprint density at radius 2 is 2.00 bits per heavy atom. The van der Waals surface area contributed by atoms with Crippen molar-refractivity contribution in [3.8, 4) is 5.75 Å². The highest BCUT2D eigenvalue weighted by Gasteiger charge is 2.18. The van der Waals surface area contributed by atoms with Crippen molar-refractivity contribution < 1.29 is 14.3 Å². The van der Waals surface area contributed by atoms with Gasteiger partial charge in [0.25, 0.3) is 5.56 Å². The van der Waals surface area contributed by atoms with Crippen LogP contribution >= 0.6 is 27.7 Å². The van der Waals surface area contributed by atoms with E-state index in [1.54, 1.807) is 49.1 Å². The van der Waals surface area contributed by atoms with Crippen LogP contribution < -0.4 is 10.3 Å². The van der Waals surface area contributed by atoms with Gasteiger partial charge in [0.1, 0.15) is 5.75 Å². The van der Waals surface area contributed by atoms with Gasteiger partial charge in [0.05, 0.1) is 40.9 Å². The number of carbonyl (C=O) groups is 1. The number of Topliss-reactive ketones (excluding diaryl/α,β-unsaturated/α-hetero) is 1. The highest BCUT2D eigenvalue weighted by molar-refractivity contribution is 9.10. The number of carbonyl (C=O) groups excluding carboxylic acids is 1. The number of aromatic nitrogens is 2. The molecule has 3 aromatic rings. The lowest BCUT2D eigenvalue weighted by Gasteiger charge is -2.18. The van der Waals surface area contributed by atoms with Gasteiger partial charge in [0.2, 0.25) is 0 Å². The van der Waals surface area contributed by atoms with Gasteiger partial charge in [-0.2, -0.15) is 0 Å². The second-order valence-corrected chi connectivity index (χ2v) is 8.25. The highest BCUT2D eigenvalue weighted by atomic mass is 79.9. The van der Waals surface area contributed by atoms with Gasteiger partial charge in [-0.15, -0.1) is 0 Å². The lowest BCUT2D eigenvalue weighted by molar-refractivity contribution is 0.102. The van der Waals surface area contributed by atoms with Crippen LogP contribution in [0, 0.1) is 0 Å². The van der Waals surface area contributed by atoms with Crippen LogP contribution in [0.1, 0.15) is 23.3 Å². The van der Waals surface area contributed by atoms with Crippen LogP contribution in [0.25, 0.3) is 10.9 Å². The summed E-state index contributed by atoms with van der Waals surface area (Å²) < 4.78 is 12.8. The number of rotatable bonds is 8. The summed E-state index contributed by atoms with van der Waals surface area (Å²) in [6.07, 6.45) is 0. The normalized spacial score (nSPS) is 12.1. The maximum atomic E-state index is 13.0. The number of methoxy groups -OCH3 is 2. The Bertz CT molecular complexity index is 1100. The number of nitrogens with zero attached hydrogens (tertiary/aromatic N) is 2.